The van der Waals surface area contributed by atoms with Gasteiger partial charge in [0.1, 0.15) is 0 Å². The smallest absolute Gasteiger partial charge is 0.309 e. The van der Waals surface area contributed by atoms with Crippen molar-refractivity contribution >= 4 is 5.97 Å². The van der Waals surface area contributed by atoms with E-state index in [0.717, 1.165) is 19.3 Å². The maximum atomic E-state index is 10.7. The molecule has 3 atom stereocenters. The zero-order chi connectivity index (χ0) is 7.35. The molecule has 2 fully saturated rings. The summed E-state index contributed by atoms with van der Waals surface area (Å²) in [5.41, 5.74) is 5.30. The van der Waals surface area contributed by atoms with Crippen LogP contribution in [-0.2, 0) is 4.79 Å². The molecule has 56 valence electrons. The summed E-state index contributed by atoms with van der Waals surface area (Å²) in [5, 5.41) is 8.78. The Hall–Kier alpha value is -0.570. The number of carboxylic acids is 1. The highest BCUT2D eigenvalue weighted by atomic mass is 16.4. The average Bonchev–Trinajstić information content (AvgIpc) is 2.52. The van der Waals surface area contributed by atoms with Crippen LogP contribution in [0.25, 0.3) is 0 Å². The van der Waals surface area contributed by atoms with Crippen molar-refractivity contribution in [1.29, 1.82) is 0 Å². The highest BCUT2D eigenvalue weighted by Gasteiger charge is 2.65. The van der Waals surface area contributed by atoms with E-state index in [2.05, 4.69) is 0 Å². The quantitative estimate of drug-likeness (QED) is 0.548. The number of fused-ring (bicyclic) bond motifs is 1. The van der Waals surface area contributed by atoms with E-state index in [0.29, 0.717) is 5.92 Å². The fraction of sp³-hybridized carbons (Fsp3) is 0.857. The van der Waals surface area contributed by atoms with E-state index in [1.54, 1.807) is 0 Å². The van der Waals surface area contributed by atoms with Crippen LogP contribution >= 0.6 is 0 Å². The molecule has 0 unspecified atom stereocenters. The van der Waals surface area contributed by atoms with Crippen LogP contribution in [-0.4, -0.2) is 17.1 Å². The zero-order valence-electron chi connectivity index (χ0n) is 5.71. The normalized spacial score (nSPS) is 50.5. The van der Waals surface area contributed by atoms with Gasteiger partial charge in [-0.25, -0.2) is 0 Å². The summed E-state index contributed by atoms with van der Waals surface area (Å²) < 4.78 is 0. The first-order valence-corrected chi connectivity index (χ1v) is 3.66. The van der Waals surface area contributed by atoms with Crippen molar-refractivity contribution in [2.75, 3.05) is 0 Å². The molecule has 0 aromatic carbocycles. The molecule has 3 nitrogen and oxygen atoms in total. The standard InChI is InChI=1S/C7H11NO2/c8-5-1-2-7(6(9)10)3-4(5)7/h4-5H,1-3,8H2,(H,9,10)/t4-,5+,7+/m0/s1. The number of hydrogen-bond donors (Lipinski definition) is 2. The third-order valence-electron chi connectivity index (χ3n) is 3.00. The Balaban J connectivity index is 2.18. The van der Waals surface area contributed by atoms with Crippen molar-refractivity contribution in [1.82, 2.24) is 0 Å². The molecular formula is C7H11NO2. The molecule has 0 saturated heterocycles. The van der Waals surface area contributed by atoms with E-state index < -0.39 is 5.97 Å². The van der Waals surface area contributed by atoms with Crippen LogP contribution in [0.3, 0.4) is 0 Å². The minimum absolute atomic E-state index is 0.163. The van der Waals surface area contributed by atoms with Gasteiger partial charge in [0.2, 0.25) is 0 Å². The third-order valence-corrected chi connectivity index (χ3v) is 3.00. The summed E-state index contributed by atoms with van der Waals surface area (Å²) in [4.78, 5) is 10.7. The number of carboxylic acid groups (broad SMARTS) is 1. The summed E-state index contributed by atoms with van der Waals surface area (Å²) in [6, 6.07) is 0.163. The second kappa shape index (κ2) is 1.53. The average molecular weight is 141 g/mol. The summed E-state index contributed by atoms with van der Waals surface area (Å²) >= 11 is 0. The first-order valence-electron chi connectivity index (χ1n) is 3.66. The molecule has 0 spiro atoms. The lowest BCUT2D eigenvalue weighted by Crippen LogP contribution is -2.20. The monoisotopic (exact) mass is 141 g/mol. The van der Waals surface area contributed by atoms with Crippen molar-refractivity contribution in [2.45, 2.75) is 25.3 Å². The summed E-state index contributed by atoms with van der Waals surface area (Å²) in [7, 11) is 0. The fourth-order valence-electron chi connectivity index (χ4n) is 2.16. The van der Waals surface area contributed by atoms with Gasteiger partial charge in [0, 0.05) is 6.04 Å². The molecule has 0 heterocycles. The van der Waals surface area contributed by atoms with Gasteiger partial charge in [-0.05, 0) is 25.2 Å². The lowest BCUT2D eigenvalue weighted by Gasteiger charge is -2.01. The Bertz CT molecular complexity index is 192. The number of rotatable bonds is 1. The SMILES string of the molecule is N[C@@H]1CC[C@@]2(C(=O)O)C[C@@H]12. The predicted molar refractivity (Wildman–Crippen MR) is 35.4 cm³/mol. The predicted octanol–water partition coefficient (Wildman–Crippen LogP) is 0.198. The van der Waals surface area contributed by atoms with E-state index in [1.165, 1.54) is 0 Å². The topological polar surface area (TPSA) is 63.3 Å². The van der Waals surface area contributed by atoms with Gasteiger partial charge in [-0.15, -0.1) is 0 Å². The molecule has 0 bridgehead atoms. The summed E-state index contributed by atoms with van der Waals surface area (Å²) in [5.74, 6) is -0.338. The van der Waals surface area contributed by atoms with Crippen LogP contribution in [0.4, 0.5) is 0 Å². The summed E-state index contributed by atoms with van der Waals surface area (Å²) in [6.45, 7) is 0. The van der Waals surface area contributed by atoms with E-state index in [-0.39, 0.29) is 11.5 Å². The lowest BCUT2D eigenvalue weighted by atomic mass is 10.1. The molecule has 3 heteroatoms. The van der Waals surface area contributed by atoms with Gasteiger partial charge >= 0.3 is 5.97 Å². The number of aliphatic carboxylic acids is 1. The van der Waals surface area contributed by atoms with Gasteiger partial charge < -0.3 is 10.8 Å². The van der Waals surface area contributed by atoms with Gasteiger partial charge in [0.15, 0.2) is 0 Å². The zero-order valence-corrected chi connectivity index (χ0v) is 5.71. The van der Waals surface area contributed by atoms with Gasteiger partial charge in [-0.1, -0.05) is 0 Å². The highest BCUT2D eigenvalue weighted by Crippen LogP contribution is 2.62. The summed E-state index contributed by atoms with van der Waals surface area (Å²) in [6.07, 6.45) is 2.52. The van der Waals surface area contributed by atoms with Crippen LogP contribution in [0.2, 0.25) is 0 Å². The minimum Gasteiger partial charge on any atom is -0.481 e. The molecule has 3 N–H and O–H groups in total. The fourth-order valence-corrected chi connectivity index (χ4v) is 2.16. The van der Waals surface area contributed by atoms with Crippen molar-refractivity contribution in [3.63, 3.8) is 0 Å². The van der Waals surface area contributed by atoms with Crippen LogP contribution in [0.15, 0.2) is 0 Å². The van der Waals surface area contributed by atoms with Crippen molar-refractivity contribution in [3.8, 4) is 0 Å². The Kier molecular flexibility index (Phi) is 0.944. The molecule has 0 aromatic rings. The Morgan fingerprint density at radius 2 is 2.40 bits per heavy atom. The second-order valence-corrected chi connectivity index (χ2v) is 3.47. The first-order chi connectivity index (χ1) is 4.67. The molecule has 2 saturated carbocycles. The van der Waals surface area contributed by atoms with E-state index in [9.17, 15) is 4.79 Å². The lowest BCUT2D eigenvalue weighted by molar-refractivity contribution is -0.143. The van der Waals surface area contributed by atoms with E-state index in [1.807, 2.05) is 0 Å². The van der Waals surface area contributed by atoms with Gasteiger partial charge in [0.25, 0.3) is 0 Å². The molecule has 0 aliphatic heterocycles. The molecular weight excluding hydrogens is 130 g/mol. The number of hydrogen-bond acceptors (Lipinski definition) is 2. The van der Waals surface area contributed by atoms with Crippen LogP contribution in [0, 0.1) is 11.3 Å². The van der Waals surface area contributed by atoms with Crippen LogP contribution in [0.5, 0.6) is 0 Å². The molecule has 10 heavy (non-hydrogen) atoms. The molecule has 0 aromatic heterocycles. The molecule has 0 radical (unpaired) electrons. The number of carbonyl (C=O) groups is 1. The van der Waals surface area contributed by atoms with Gasteiger partial charge in [0.05, 0.1) is 5.41 Å². The molecule has 2 aliphatic carbocycles. The van der Waals surface area contributed by atoms with Crippen LogP contribution in [0.1, 0.15) is 19.3 Å². The molecule has 2 rings (SSSR count). The largest absolute Gasteiger partial charge is 0.481 e. The Morgan fingerprint density at radius 3 is 2.60 bits per heavy atom. The molecule has 2 aliphatic rings. The highest BCUT2D eigenvalue weighted by molar-refractivity contribution is 5.79. The number of nitrogens with two attached hydrogens (primary N) is 1. The van der Waals surface area contributed by atoms with Crippen LogP contribution < -0.4 is 5.73 Å². The van der Waals surface area contributed by atoms with E-state index in [4.69, 9.17) is 10.8 Å². The van der Waals surface area contributed by atoms with Gasteiger partial charge in [-0.2, -0.15) is 0 Å². The van der Waals surface area contributed by atoms with Gasteiger partial charge in [-0.3, -0.25) is 4.79 Å². The van der Waals surface area contributed by atoms with Crippen molar-refractivity contribution in [3.05, 3.63) is 0 Å². The Labute approximate surface area is 59.2 Å². The minimum atomic E-state index is -0.634. The molecule has 0 amide bonds. The van der Waals surface area contributed by atoms with Crippen molar-refractivity contribution in [2.24, 2.45) is 17.1 Å². The Morgan fingerprint density at radius 1 is 1.70 bits per heavy atom. The van der Waals surface area contributed by atoms with E-state index >= 15 is 0 Å². The maximum Gasteiger partial charge on any atom is 0.309 e. The van der Waals surface area contributed by atoms with Crippen molar-refractivity contribution < 1.29 is 9.90 Å². The maximum absolute atomic E-state index is 10.7. The first kappa shape index (κ1) is 6.16. The second-order valence-electron chi connectivity index (χ2n) is 3.47. The third kappa shape index (κ3) is 0.515.